The maximum atomic E-state index is 12.8. The lowest BCUT2D eigenvalue weighted by atomic mass is 10.1. The number of anilines is 1. The molecule has 0 unspecified atom stereocenters. The van der Waals surface area contributed by atoms with Crippen molar-refractivity contribution in [1.29, 1.82) is 0 Å². The van der Waals surface area contributed by atoms with Crippen LogP contribution in [0, 0.1) is 10.1 Å². The number of thioether (sulfide) groups is 1. The van der Waals surface area contributed by atoms with E-state index in [1.165, 1.54) is 12.1 Å². The van der Waals surface area contributed by atoms with Gasteiger partial charge < -0.3 is 9.64 Å². The van der Waals surface area contributed by atoms with Gasteiger partial charge in [0.05, 0.1) is 29.6 Å². The monoisotopic (exact) mass is 531 g/mol. The summed E-state index contributed by atoms with van der Waals surface area (Å²) in [5, 5.41) is 11.1. The van der Waals surface area contributed by atoms with Crippen LogP contribution in [0.2, 0.25) is 0 Å². The van der Waals surface area contributed by atoms with Crippen LogP contribution in [0.25, 0.3) is 6.08 Å². The number of nitrogens with zero attached hydrogens (tertiary/aromatic N) is 3. The van der Waals surface area contributed by atoms with Crippen molar-refractivity contribution in [3.63, 3.8) is 0 Å². The van der Waals surface area contributed by atoms with E-state index in [9.17, 15) is 24.5 Å². The maximum Gasteiger partial charge on any atom is 0.293 e. The smallest absolute Gasteiger partial charge is 0.293 e. The number of hydrogen-bond donors (Lipinski definition) is 0. The standard InChI is InChI=1S/C22H18BrN3O6S/c23-16-4-2-15(3-5-16)19(27)13-25-21(28)20(33-22(25)29)12-14-1-6-17(18(11-14)26(30)31)24-7-9-32-10-8-24/h1-6,11-12H,7-10,13H2/b20-12-. The van der Waals surface area contributed by atoms with E-state index in [4.69, 9.17) is 4.74 Å². The molecule has 2 aliphatic rings. The zero-order valence-electron chi connectivity index (χ0n) is 17.2. The topological polar surface area (TPSA) is 110 Å². The third-order valence-corrected chi connectivity index (χ3v) is 6.62. The van der Waals surface area contributed by atoms with Crippen LogP contribution < -0.4 is 4.90 Å². The number of morpholine rings is 1. The molecule has 0 saturated carbocycles. The van der Waals surface area contributed by atoms with Crippen LogP contribution in [0.4, 0.5) is 16.2 Å². The van der Waals surface area contributed by atoms with Crippen LogP contribution in [0.3, 0.4) is 0 Å². The summed E-state index contributed by atoms with van der Waals surface area (Å²) < 4.78 is 6.11. The number of carbonyl (C=O) groups is 3. The highest BCUT2D eigenvalue weighted by molar-refractivity contribution is 9.10. The molecule has 0 bridgehead atoms. The fourth-order valence-electron chi connectivity index (χ4n) is 3.51. The van der Waals surface area contributed by atoms with Crippen LogP contribution in [0.5, 0.6) is 0 Å². The number of imide groups is 1. The zero-order valence-corrected chi connectivity index (χ0v) is 19.6. The molecule has 0 N–H and O–H groups in total. The summed E-state index contributed by atoms with van der Waals surface area (Å²) in [6.07, 6.45) is 1.44. The Bertz CT molecular complexity index is 1160. The van der Waals surface area contributed by atoms with Gasteiger partial charge in [-0.3, -0.25) is 29.4 Å². The molecule has 2 aromatic carbocycles. The number of benzene rings is 2. The lowest BCUT2D eigenvalue weighted by Crippen LogP contribution is -2.36. The lowest BCUT2D eigenvalue weighted by molar-refractivity contribution is -0.384. The molecule has 0 aromatic heterocycles. The Morgan fingerprint density at radius 1 is 1.15 bits per heavy atom. The highest BCUT2D eigenvalue weighted by Crippen LogP contribution is 2.35. The molecule has 9 nitrogen and oxygen atoms in total. The number of rotatable bonds is 6. The molecular weight excluding hydrogens is 514 g/mol. The van der Waals surface area contributed by atoms with Gasteiger partial charge in [-0.25, -0.2) is 0 Å². The van der Waals surface area contributed by atoms with Crippen LogP contribution in [0.15, 0.2) is 51.8 Å². The number of ether oxygens (including phenoxy) is 1. The molecule has 2 aliphatic heterocycles. The van der Waals surface area contributed by atoms with E-state index in [-0.39, 0.29) is 22.9 Å². The number of nitro benzene ring substituents is 1. The van der Waals surface area contributed by atoms with Crippen molar-refractivity contribution in [3.8, 4) is 0 Å². The van der Waals surface area contributed by atoms with Crippen LogP contribution in [-0.2, 0) is 9.53 Å². The van der Waals surface area contributed by atoms with Gasteiger partial charge in [0.15, 0.2) is 5.78 Å². The molecule has 2 fully saturated rings. The van der Waals surface area contributed by atoms with Gasteiger partial charge in [0, 0.05) is 29.2 Å². The van der Waals surface area contributed by atoms with E-state index in [2.05, 4.69) is 15.9 Å². The molecule has 11 heteroatoms. The van der Waals surface area contributed by atoms with Crippen molar-refractivity contribution < 1.29 is 24.0 Å². The van der Waals surface area contributed by atoms with Crippen LogP contribution >= 0.6 is 27.7 Å². The second-order valence-electron chi connectivity index (χ2n) is 7.30. The summed E-state index contributed by atoms with van der Waals surface area (Å²) in [5.74, 6) is -0.966. The molecule has 0 aliphatic carbocycles. The van der Waals surface area contributed by atoms with Gasteiger partial charge in [-0.15, -0.1) is 0 Å². The minimum Gasteiger partial charge on any atom is -0.378 e. The summed E-state index contributed by atoms with van der Waals surface area (Å²) in [4.78, 5) is 51.7. The molecule has 33 heavy (non-hydrogen) atoms. The number of Topliss-reactive ketones (excluding diaryl/α,β-unsaturated/α-hetero) is 1. The van der Waals surface area contributed by atoms with Crippen molar-refractivity contribution in [1.82, 2.24) is 4.90 Å². The van der Waals surface area contributed by atoms with E-state index in [0.29, 0.717) is 54.9 Å². The van der Waals surface area contributed by atoms with E-state index >= 15 is 0 Å². The summed E-state index contributed by atoms with van der Waals surface area (Å²) in [6, 6.07) is 11.3. The minimum absolute atomic E-state index is 0.0877. The second-order valence-corrected chi connectivity index (χ2v) is 9.21. The number of hydrogen-bond acceptors (Lipinski definition) is 8. The molecule has 2 aromatic rings. The van der Waals surface area contributed by atoms with Crippen molar-refractivity contribution in [2.45, 2.75) is 0 Å². The number of amides is 2. The Morgan fingerprint density at radius 2 is 1.85 bits per heavy atom. The van der Waals surface area contributed by atoms with Crippen molar-refractivity contribution in [3.05, 3.63) is 73.1 Å². The molecular formula is C22H18BrN3O6S. The highest BCUT2D eigenvalue weighted by Gasteiger charge is 2.36. The summed E-state index contributed by atoms with van der Waals surface area (Å²) >= 11 is 4.00. The Hall–Kier alpha value is -3.02. The minimum atomic E-state index is -0.602. The van der Waals surface area contributed by atoms with Gasteiger partial charge in [-0.05, 0) is 41.6 Å². The average molecular weight is 532 g/mol. The fourth-order valence-corrected chi connectivity index (χ4v) is 4.61. The Morgan fingerprint density at radius 3 is 2.52 bits per heavy atom. The quantitative estimate of drug-likeness (QED) is 0.237. The number of carbonyl (C=O) groups excluding carboxylic acids is 3. The SMILES string of the molecule is O=C(CN1C(=O)S/C(=C\c2ccc(N3CCOCC3)c([N+](=O)[O-])c2)C1=O)c1ccc(Br)cc1. The summed E-state index contributed by atoms with van der Waals surface area (Å²) in [5.41, 5.74) is 1.20. The largest absolute Gasteiger partial charge is 0.378 e. The lowest BCUT2D eigenvalue weighted by Gasteiger charge is -2.28. The maximum absolute atomic E-state index is 12.8. The molecule has 170 valence electrons. The normalized spacial score (nSPS) is 17.7. The molecule has 0 radical (unpaired) electrons. The van der Waals surface area contributed by atoms with Crippen molar-refractivity contribution >= 4 is 62.1 Å². The first-order valence-corrected chi connectivity index (χ1v) is 11.6. The second kappa shape index (κ2) is 9.86. The van der Waals surface area contributed by atoms with Crippen LogP contribution in [-0.4, -0.2) is 59.6 Å². The third-order valence-electron chi connectivity index (χ3n) is 5.19. The highest BCUT2D eigenvalue weighted by atomic mass is 79.9. The molecule has 0 spiro atoms. The van der Waals surface area contributed by atoms with Crippen molar-refractivity contribution in [2.24, 2.45) is 0 Å². The fraction of sp³-hybridized carbons (Fsp3) is 0.227. The summed E-state index contributed by atoms with van der Waals surface area (Å²) in [7, 11) is 0. The van der Waals surface area contributed by atoms with E-state index in [1.807, 2.05) is 4.90 Å². The Kier molecular flexibility index (Phi) is 6.91. The molecule has 0 atom stereocenters. The first-order valence-electron chi connectivity index (χ1n) is 9.99. The summed E-state index contributed by atoms with van der Waals surface area (Å²) in [6.45, 7) is 1.70. The Balaban J connectivity index is 1.54. The predicted molar refractivity (Wildman–Crippen MR) is 127 cm³/mol. The first kappa shape index (κ1) is 23.1. The first-order chi connectivity index (χ1) is 15.8. The molecule has 2 saturated heterocycles. The van der Waals surface area contributed by atoms with Gasteiger partial charge in [-0.1, -0.05) is 34.1 Å². The molecule has 2 heterocycles. The van der Waals surface area contributed by atoms with Crippen LogP contribution in [0.1, 0.15) is 15.9 Å². The van der Waals surface area contributed by atoms with Gasteiger partial charge >= 0.3 is 0 Å². The Labute approximate surface area is 201 Å². The van der Waals surface area contributed by atoms with E-state index < -0.39 is 16.1 Å². The van der Waals surface area contributed by atoms with E-state index in [1.54, 1.807) is 36.4 Å². The average Bonchev–Trinajstić information content (AvgIpc) is 3.07. The predicted octanol–water partition coefficient (Wildman–Crippen LogP) is 4.11. The van der Waals surface area contributed by atoms with Gasteiger partial charge in [0.2, 0.25) is 0 Å². The van der Waals surface area contributed by atoms with Gasteiger partial charge in [-0.2, -0.15) is 0 Å². The molecule has 4 rings (SSSR count). The van der Waals surface area contributed by atoms with Crippen molar-refractivity contribution in [2.75, 3.05) is 37.7 Å². The third kappa shape index (κ3) is 5.15. The van der Waals surface area contributed by atoms with Gasteiger partial charge in [0.25, 0.3) is 16.8 Å². The number of nitro groups is 1. The van der Waals surface area contributed by atoms with Gasteiger partial charge in [0.1, 0.15) is 5.69 Å². The number of halogens is 1. The molecule has 2 amide bonds. The zero-order chi connectivity index (χ0) is 23.5. The van der Waals surface area contributed by atoms with E-state index in [0.717, 1.165) is 9.37 Å². The number of ketones is 1.